The predicted molar refractivity (Wildman–Crippen MR) is 53.7 cm³/mol. The van der Waals surface area contributed by atoms with Crippen LogP contribution in [0.1, 0.15) is 5.69 Å². The summed E-state index contributed by atoms with van der Waals surface area (Å²) in [5, 5.41) is 9.36. The summed E-state index contributed by atoms with van der Waals surface area (Å²) in [5.41, 5.74) is 0.630. The van der Waals surface area contributed by atoms with Gasteiger partial charge in [-0.15, -0.1) is 0 Å². The number of nitrogens with zero attached hydrogens (tertiary/aromatic N) is 1. The number of hydrogen-bond acceptors (Lipinski definition) is 4. The third-order valence-electron chi connectivity index (χ3n) is 1.69. The first-order chi connectivity index (χ1) is 6.65. The smallest absolute Gasteiger partial charge is 0.335 e. The predicted octanol–water partition coefficient (Wildman–Crippen LogP) is 0.920. The number of carbonyl (C=O) groups is 1. The number of aliphatic hydroxyl groups is 1. The van der Waals surface area contributed by atoms with E-state index in [9.17, 15) is 9.90 Å². The third-order valence-corrected chi connectivity index (χ3v) is 2.42. The van der Waals surface area contributed by atoms with Gasteiger partial charge in [0.2, 0.25) is 0 Å². The van der Waals surface area contributed by atoms with E-state index in [2.05, 4.69) is 25.7 Å². The monoisotopic (exact) mass is 259 g/mol. The quantitative estimate of drug-likeness (QED) is 0.821. The van der Waals surface area contributed by atoms with E-state index >= 15 is 0 Å². The highest BCUT2D eigenvalue weighted by molar-refractivity contribution is 9.10. The van der Waals surface area contributed by atoms with Gasteiger partial charge in [0.05, 0.1) is 12.8 Å². The molecule has 0 aliphatic rings. The van der Waals surface area contributed by atoms with Gasteiger partial charge in [-0.25, -0.2) is 4.79 Å². The molecule has 14 heavy (non-hydrogen) atoms. The van der Waals surface area contributed by atoms with Crippen molar-refractivity contribution >= 4 is 21.9 Å². The molecule has 1 aromatic heterocycles. The van der Waals surface area contributed by atoms with E-state index in [-0.39, 0.29) is 6.42 Å². The number of halogens is 1. The second-order valence-electron chi connectivity index (χ2n) is 2.68. The molecule has 0 amide bonds. The highest BCUT2D eigenvalue weighted by Crippen LogP contribution is 2.15. The van der Waals surface area contributed by atoms with Crippen molar-refractivity contribution < 1.29 is 14.6 Å². The minimum atomic E-state index is -1.16. The highest BCUT2D eigenvalue weighted by Gasteiger charge is 2.17. The van der Waals surface area contributed by atoms with Crippen molar-refractivity contribution in [1.29, 1.82) is 0 Å². The first-order valence-corrected chi connectivity index (χ1v) is 4.79. The van der Waals surface area contributed by atoms with E-state index in [1.807, 2.05) is 0 Å². The number of aliphatic hydroxyl groups excluding tert-OH is 1. The highest BCUT2D eigenvalue weighted by atomic mass is 79.9. The molecule has 76 valence electrons. The number of ether oxygens (including phenoxy) is 1. The lowest BCUT2D eigenvalue weighted by molar-refractivity contribution is -0.150. The number of esters is 1. The van der Waals surface area contributed by atoms with Gasteiger partial charge in [0, 0.05) is 17.1 Å². The van der Waals surface area contributed by atoms with Crippen LogP contribution in [0.15, 0.2) is 22.8 Å². The fourth-order valence-corrected chi connectivity index (χ4v) is 1.39. The Hall–Kier alpha value is -0.940. The number of carbonyl (C=O) groups excluding carboxylic acids is 1. The van der Waals surface area contributed by atoms with Gasteiger partial charge in [0.15, 0.2) is 6.10 Å². The molecule has 0 bridgehead atoms. The lowest BCUT2D eigenvalue weighted by Crippen LogP contribution is -2.24. The molecule has 1 atom stereocenters. The van der Waals surface area contributed by atoms with Crippen molar-refractivity contribution in [3.05, 3.63) is 28.5 Å². The van der Waals surface area contributed by atoms with Crippen LogP contribution in [-0.4, -0.2) is 29.3 Å². The van der Waals surface area contributed by atoms with Crippen LogP contribution in [0.3, 0.4) is 0 Å². The summed E-state index contributed by atoms with van der Waals surface area (Å²) >= 11 is 3.27. The molecule has 0 aromatic carbocycles. The number of hydrogen-bond donors (Lipinski definition) is 1. The summed E-state index contributed by atoms with van der Waals surface area (Å²) < 4.78 is 5.16. The molecular weight excluding hydrogens is 250 g/mol. The molecule has 0 aliphatic heterocycles. The van der Waals surface area contributed by atoms with E-state index in [0.717, 1.165) is 4.47 Å². The van der Waals surface area contributed by atoms with Crippen LogP contribution in [-0.2, 0) is 16.0 Å². The molecule has 1 heterocycles. The zero-order chi connectivity index (χ0) is 10.6. The second-order valence-corrected chi connectivity index (χ2v) is 3.53. The Kier molecular flexibility index (Phi) is 4.03. The standard InChI is InChI=1S/C9H10BrNO3/c1-14-9(13)8(12)5-7-6(10)3-2-4-11-7/h2-4,8,12H,5H2,1H3. The van der Waals surface area contributed by atoms with Crippen LogP contribution in [0.5, 0.6) is 0 Å². The molecular formula is C9H10BrNO3. The fourth-order valence-electron chi connectivity index (χ4n) is 0.971. The first kappa shape index (κ1) is 11.1. The summed E-state index contributed by atoms with van der Waals surface area (Å²) in [5.74, 6) is -0.650. The summed E-state index contributed by atoms with van der Waals surface area (Å²) in [6, 6.07) is 3.56. The lowest BCUT2D eigenvalue weighted by Gasteiger charge is -2.08. The van der Waals surface area contributed by atoms with Crippen LogP contribution < -0.4 is 0 Å². The maximum atomic E-state index is 10.9. The van der Waals surface area contributed by atoms with E-state index in [1.54, 1.807) is 18.3 Å². The van der Waals surface area contributed by atoms with Gasteiger partial charge in [0.25, 0.3) is 0 Å². The Labute approximate surface area is 90.0 Å². The van der Waals surface area contributed by atoms with Crippen LogP contribution in [0.2, 0.25) is 0 Å². The van der Waals surface area contributed by atoms with Gasteiger partial charge in [0.1, 0.15) is 0 Å². The Morgan fingerprint density at radius 1 is 1.79 bits per heavy atom. The Morgan fingerprint density at radius 2 is 2.50 bits per heavy atom. The number of methoxy groups -OCH3 is 1. The number of pyridine rings is 1. The van der Waals surface area contributed by atoms with Crippen molar-refractivity contribution in [2.24, 2.45) is 0 Å². The molecule has 0 saturated heterocycles. The van der Waals surface area contributed by atoms with Crippen LogP contribution in [0.25, 0.3) is 0 Å². The average molecular weight is 260 g/mol. The third kappa shape index (κ3) is 2.78. The molecule has 4 nitrogen and oxygen atoms in total. The maximum Gasteiger partial charge on any atom is 0.335 e. The minimum absolute atomic E-state index is 0.147. The van der Waals surface area contributed by atoms with E-state index in [0.29, 0.717) is 5.69 Å². The minimum Gasteiger partial charge on any atom is -0.467 e. The molecule has 0 spiro atoms. The van der Waals surface area contributed by atoms with Crippen molar-refractivity contribution in [1.82, 2.24) is 4.98 Å². The van der Waals surface area contributed by atoms with Crippen molar-refractivity contribution in [2.45, 2.75) is 12.5 Å². The Morgan fingerprint density at radius 3 is 3.07 bits per heavy atom. The van der Waals surface area contributed by atoms with E-state index < -0.39 is 12.1 Å². The van der Waals surface area contributed by atoms with Gasteiger partial charge in [-0.1, -0.05) is 0 Å². The number of rotatable bonds is 3. The molecule has 1 N–H and O–H groups in total. The van der Waals surface area contributed by atoms with E-state index in [1.165, 1.54) is 7.11 Å². The van der Waals surface area contributed by atoms with Crippen molar-refractivity contribution in [3.63, 3.8) is 0 Å². The molecule has 1 rings (SSSR count). The zero-order valence-corrected chi connectivity index (χ0v) is 9.19. The summed E-state index contributed by atoms with van der Waals surface area (Å²) in [6.07, 6.45) is 0.587. The Balaban J connectivity index is 2.69. The normalized spacial score (nSPS) is 12.2. The van der Waals surface area contributed by atoms with Gasteiger partial charge in [-0.05, 0) is 28.1 Å². The van der Waals surface area contributed by atoms with Crippen molar-refractivity contribution in [3.8, 4) is 0 Å². The molecule has 0 fully saturated rings. The molecule has 1 unspecified atom stereocenters. The van der Waals surface area contributed by atoms with Crippen molar-refractivity contribution in [2.75, 3.05) is 7.11 Å². The van der Waals surface area contributed by atoms with Crippen LogP contribution in [0.4, 0.5) is 0 Å². The molecule has 1 aromatic rings. The molecule has 0 saturated carbocycles. The van der Waals surface area contributed by atoms with Crippen LogP contribution in [0, 0.1) is 0 Å². The topological polar surface area (TPSA) is 59.4 Å². The molecule has 5 heteroatoms. The lowest BCUT2D eigenvalue weighted by atomic mass is 10.2. The summed E-state index contributed by atoms with van der Waals surface area (Å²) in [7, 11) is 1.24. The van der Waals surface area contributed by atoms with E-state index in [4.69, 9.17) is 0 Å². The molecule has 0 radical (unpaired) electrons. The van der Waals surface area contributed by atoms with Crippen LogP contribution >= 0.6 is 15.9 Å². The summed E-state index contributed by atoms with van der Waals surface area (Å²) in [6.45, 7) is 0. The van der Waals surface area contributed by atoms with Gasteiger partial charge >= 0.3 is 5.97 Å². The molecule has 0 aliphatic carbocycles. The second kappa shape index (κ2) is 5.07. The SMILES string of the molecule is COC(=O)C(O)Cc1ncccc1Br. The number of aromatic nitrogens is 1. The van der Waals surface area contributed by atoms with Gasteiger partial charge < -0.3 is 9.84 Å². The van der Waals surface area contributed by atoms with Gasteiger partial charge in [-0.2, -0.15) is 0 Å². The maximum absolute atomic E-state index is 10.9. The summed E-state index contributed by atoms with van der Waals surface area (Å²) in [4.78, 5) is 14.9. The fraction of sp³-hybridized carbons (Fsp3) is 0.333. The zero-order valence-electron chi connectivity index (χ0n) is 7.61. The Bertz CT molecular complexity index is 330. The van der Waals surface area contributed by atoms with Gasteiger partial charge in [-0.3, -0.25) is 4.98 Å². The first-order valence-electron chi connectivity index (χ1n) is 4.00. The largest absolute Gasteiger partial charge is 0.467 e. The average Bonchev–Trinajstić information content (AvgIpc) is 2.20.